The maximum atomic E-state index is 12.8. The molecule has 1 N–H and O–H groups in total. The molecule has 0 saturated carbocycles. The maximum absolute atomic E-state index is 12.8. The third kappa shape index (κ3) is 4.63. The van der Waals surface area contributed by atoms with Crippen molar-refractivity contribution >= 4 is 23.2 Å². The number of imidazole rings is 1. The highest BCUT2D eigenvalue weighted by Crippen LogP contribution is 2.27. The number of carbonyl (C=O) groups is 2. The van der Waals surface area contributed by atoms with Gasteiger partial charge in [0.25, 0.3) is 0 Å². The fourth-order valence-corrected chi connectivity index (χ4v) is 3.75. The van der Waals surface area contributed by atoms with Crippen molar-refractivity contribution in [3.8, 4) is 17.4 Å². The molecular formula is C25H22N6O3. The van der Waals surface area contributed by atoms with E-state index in [1.165, 1.54) is 6.33 Å². The zero-order valence-electron chi connectivity index (χ0n) is 18.5. The highest BCUT2D eigenvalue weighted by Gasteiger charge is 2.35. The first-order valence-electron chi connectivity index (χ1n) is 10.8. The van der Waals surface area contributed by atoms with E-state index in [9.17, 15) is 9.59 Å². The molecule has 4 aromatic rings. The van der Waals surface area contributed by atoms with Crippen LogP contribution in [0.5, 0.6) is 11.6 Å². The summed E-state index contributed by atoms with van der Waals surface area (Å²) in [7, 11) is 0. The minimum Gasteiger partial charge on any atom is -0.439 e. The number of ether oxygens (including phenoxy) is 1. The number of aromatic nitrogens is 4. The highest BCUT2D eigenvalue weighted by atomic mass is 16.5. The van der Waals surface area contributed by atoms with Gasteiger partial charge in [0.2, 0.25) is 17.7 Å². The lowest BCUT2D eigenvalue weighted by Gasteiger charge is -2.17. The Kier molecular flexibility index (Phi) is 5.73. The van der Waals surface area contributed by atoms with Gasteiger partial charge < -0.3 is 15.0 Å². The lowest BCUT2D eigenvalue weighted by Crippen LogP contribution is -2.28. The molecule has 0 spiro atoms. The van der Waals surface area contributed by atoms with E-state index in [1.54, 1.807) is 58.5 Å². The van der Waals surface area contributed by atoms with Crippen molar-refractivity contribution < 1.29 is 14.3 Å². The molecule has 1 atom stereocenters. The van der Waals surface area contributed by atoms with Crippen molar-refractivity contribution in [3.05, 3.63) is 85.2 Å². The molecule has 3 heterocycles. The summed E-state index contributed by atoms with van der Waals surface area (Å²) in [6.07, 6.45) is 6.69. The average molecular weight is 454 g/mol. The smallest absolute Gasteiger partial charge is 0.229 e. The first-order chi connectivity index (χ1) is 16.5. The summed E-state index contributed by atoms with van der Waals surface area (Å²) in [5.74, 6) is 0.945. The van der Waals surface area contributed by atoms with E-state index in [4.69, 9.17) is 4.74 Å². The number of carbonyl (C=O) groups excluding carboxylic acids is 2. The molecule has 170 valence electrons. The number of hydrogen-bond donors (Lipinski definition) is 1. The molecule has 0 aliphatic carbocycles. The van der Waals surface area contributed by atoms with Crippen LogP contribution in [0.1, 0.15) is 12.0 Å². The Hall–Kier alpha value is -4.53. The maximum Gasteiger partial charge on any atom is 0.229 e. The van der Waals surface area contributed by atoms with Crippen LogP contribution in [-0.4, -0.2) is 37.9 Å². The zero-order chi connectivity index (χ0) is 23.5. The normalized spacial score (nSPS) is 15.4. The van der Waals surface area contributed by atoms with Gasteiger partial charge in [-0.15, -0.1) is 0 Å². The van der Waals surface area contributed by atoms with Gasteiger partial charge in [-0.3, -0.25) is 14.2 Å². The second-order valence-corrected chi connectivity index (χ2v) is 8.04. The molecule has 9 nitrogen and oxygen atoms in total. The topological polar surface area (TPSA) is 102 Å². The molecule has 2 aromatic heterocycles. The van der Waals surface area contributed by atoms with E-state index in [0.29, 0.717) is 29.7 Å². The summed E-state index contributed by atoms with van der Waals surface area (Å²) in [5, 5.41) is 2.89. The third-order valence-electron chi connectivity index (χ3n) is 5.58. The summed E-state index contributed by atoms with van der Waals surface area (Å²) in [4.78, 5) is 39.2. The third-order valence-corrected chi connectivity index (χ3v) is 5.58. The number of anilines is 2. The second kappa shape index (κ2) is 9.14. The number of benzene rings is 2. The summed E-state index contributed by atoms with van der Waals surface area (Å²) >= 11 is 0. The van der Waals surface area contributed by atoms with Crippen LogP contribution in [-0.2, 0) is 9.59 Å². The van der Waals surface area contributed by atoms with Crippen LogP contribution < -0.4 is 15.0 Å². The predicted octanol–water partition coefficient (Wildman–Crippen LogP) is 3.75. The Labute approximate surface area is 196 Å². The molecule has 1 aliphatic heterocycles. The van der Waals surface area contributed by atoms with E-state index >= 15 is 0 Å². The van der Waals surface area contributed by atoms with Crippen molar-refractivity contribution in [2.45, 2.75) is 13.3 Å². The van der Waals surface area contributed by atoms with Crippen molar-refractivity contribution in [2.75, 3.05) is 16.8 Å². The molecule has 5 rings (SSSR count). The van der Waals surface area contributed by atoms with Crippen LogP contribution in [0.3, 0.4) is 0 Å². The monoisotopic (exact) mass is 454 g/mol. The van der Waals surface area contributed by atoms with Crippen LogP contribution in [0.4, 0.5) is 11.4 Å². The van der Waals surface area contributed by atoms with Gasteiger partial charge >= 0.3 is 0 Å². The molecule has 2 amide bonds. The van der Waals surface area contributed by atoms with E-state index in [1.807, 2.05) is 31.2 Å². The number of rotatable bonds is 6. The Balaban J connectivity index is 1.20. The van der Waals surface area contributed by atoms with E-state index < -0.39 is 5.92 Å². The van der Waals surface area contributed by atoms with E-state index in [2.05, 4.69) is 20.3 Å². The molecule has 1 aliphatic rings. The minimum absolute atomic E-state index is 0.0485. The number of aryl methyl sites for hydroxylation is 1. The van der Waals surface area contributed by atoms with Crippen LogP contribution >= 0.6 is 0 Å². The fraction of sp³-hybridized carbons (Fsp3) is 0.160. The van der Waals surface area contributed by atoms with Crippen LogP contribution in [0.15, 0.2) is 79.6 Å². The van der Waals surface area contributed by atoms with Gasteiger partial charge in [-0.2, -0.15) is 0 Å². The Bertz CT molecular complexity index is 1300. The minimum atomic E-state index is -0.410. The summed E-state index contributed by atoms with van der Waals surface area (Å²) in [6.45, 7) is 2.36. The van der Waals surface area contributed by atoms with Gasteiger partial charge in [0, 0.05) is 42.8 Å². The number of nitrogens with one attached hydrogen (secondary N) is 1. The average Bonchev–Trinajstić information content (AvgIpc) is 3.52. The van der Waals surface area contributed by atoms with Crippen molar-refractivity contribution in [2.24, 2.45) is 5.92 Å². The molecular weight excluding hydrogens is 432 g/mol. The molecule has 9 heteroatoms. The van der Waals surface area contributed by atoms with Crippen LogP contribution in [0.25, 0.3) is 5.82 Å². The lowest BCUT2D eigenvalue weighted by atomic mass is 10.1. The van der Waals surface area contributed by atoms with E-state index in [-0.39, 0.29) is 18.2 Å². The number of nitrogens with zero attached hydrogens (tertiary/aromatic N) is 5. The SMILES string of the molecule is Cc1ccc(N2CC(C(=O)Nc3ccc(Oc4cc(-n5ccnc5)ncn4)cc3)CC2=O)cc1. The number of hydrogen-bond acceptors (Lipinski definition) is 6. The first-order valence-corrected chi connectivity index (χ1v) is 10.8. The molecule has 1 unspecified atom stereocenters. The number of amides is 2. The quantitative estimate of drug-likeness (QED) is 0.476. The van der Waals surface area contributed by atoms with Gasteiger partial charge in [-0.05, 0) is 43.3 Å². The van der Waals surface area contributed by atoms with Gasteiger partial charge in [0.15, 0.2) is 0 Å². The Morgan fingerprint density at radius 2 is 1.88 bits per heavy atom. The van der Waals surface area contributed by atoms with Crippen LogP contribution in [0, 0.1) is 12.8 Å². The lowest BCUT2D eigenvalue weighted by molar-refractivity contribution is -0.122. The highest BCUT2D eigenvalue weighted by molar-refractivity contribution is 6.03. The van der Waals surface area contributed by atoms with Crippen molar-refractivity contribution in [1.82, 2.24) is 19.5 Å². The van der Waals surface area contributed by atoms with E-state index in [0.717, 1.165) is 11.3 Å². The molecule has 1 fully saturated rings. The summed E-state index contributed by atoms with van der Waals surface area (Å²) < 4.78 is 7.56. The molecule has 34 heavy (non-hydrogen) atoms. The van der Waals surface area contributed by atoms with Crippen molar-refractivity contribution in [3.63, 3.8) is 0 Å². The Morgan fingerprint density at radius 1 is 1.09 bits per heavy atom. The predicted molar refractivity (Wildman–Crippen MR) is 126 cm³/mol. The van der Waals surface area contributed by atoms with Gasteiger partial charge in [-0.25, -0.2) is 15.0 Å². The first kappa shape index (κ1) is 21.3. The Morgan fingerprint density at radius 3 is 2.62 bits per heavy atom. The molecule has 0 radical (unpaired) electrons. The zero-order valence-corrected chi connectivity index (χ0v) is 18.5. The molecule has 2 aromatic carbocycles. The molecule has 0 bridgehead atoms. The fourth-order valence-electron chi connectivity index (χ4n) is 3.75. The van der Waals surface area contributed by atoms with Gasteiger partial charge in [-0.1, -0.05) is 17.7 Å². The molecule has 1 saturated heterocycles. The summed E-state index contributed by atoms with van der Waals surface area (Å²) in [6, 6.07) is 16.4. The summed E-state index contributed by atoms with van der Waals surface area (Å²) in [5.41, 5.74) is 2.56. The van der Waals surface area contributed by atoms with Crippen LogP contribution in [0.2, 0.25) is 0 Å². The van der Waals surface area contributed by atoms with Gasteiger partial charge in [0.1, 0.15) is 24.2 Å². The van der Waals surface area contributed by atoms with Crippen molar-refractivity contribution in [1.29, 1.82) is 0 Å². The largest absolute Gasteiger partial charge is 0.439 e. The second-order valence-electron chi connectivity index (χ2n) is 8.04. The van der Waals surface area contributed by atoms with Gasteiger partial charge in [0.05, 0.1) is 5.92 Å². The standard InChI is InChI=1S/C25H22N6O3/c1-17-2-6-20(7-3-17)31-14-18(12-24(31)32)25(33)29-19-4-8-21(9-5-19)34-23-13-22(27-15-28-23)30-11-10-26-16-30/h2-11,13,15-16,18H,12,14H2,1H3,(H,29,33).